The Morgan fingerprint density at radius 1 is 1.00 bits per heavy atom. The minimum Gasteiger partial charge on any atom is -0.479 e. The van der Waals surface area contributed by atoms with Gasteiger partial charge in [0.2, 0.25) is 5.78 Å². The van der Waals surface area contributed by atoms with Crippen LogP contribution in [0.15, 0.2) is 72.9 Å². The average molecular weight is 432 g/mol. The highest BCUT2D eigenvalue weighted by molar-refractivity contribution is 6.08. The first-order chi connectivity index (χ1) is 15.3. The van der Waals surface area contributed by atoms with Crippen molar-refractivity contribution in [3.8, 4) is 0 Å². The normalized spacial score (nSPS) is 12.4. The SMILES string of the molecule is CC(C)c1ccc(C(=O)c2cccn2CC=Cc2ccc(CO[C@H](C)C(=O)O)cc2)cc1. The van der Waals surface area contributed by atoms with E-state index in [1.165, 1.54) is 12.5 Å². The summed E-state index contributed by atoms with van der Waals surface area (Å²) in [7, 11) is 0. The lowest BCUT2D eigenvalue weighted by atomic mass is 10.00. The molecule has 0 saturated heterocycles. The highest BCUT2D eigenvalue weighted by Crippen LogP contribution is 2.17. The molecule has 0 aliphatic carbocycles. The van der Waals surface area contributed by atoms with Gasteiger partial charge in [0.1, 0.15) is 0 Å². The smallest absolute Gasteiger partial charge is 0.332 e. The summed E-state index contributed by atoms with van der Waals surface area (Å²) >= 11 is 0. The van der Waals surface area contributed by atoms with Crippen molar-refractivity contribution in [2.45, 2.75) is 45.9 Å². The molecule has 5 heteroatoms. The quantitative estimate of drug-likeness (QED) is 0.428. The molecule has 0 aliphatic heterocycles. The number of hydrogen-bond acceptors (Lipinski definition) is 3. The Morgan fingerprint density at radius 3 is 2.31 bits per heavy atom. The van der Waals surface area contributed by atoms with Gasteiger partial charge in [-0.1, -0.05) is 74.5 Å². The third-order valence-corrected chi connectivity index (χ3v) is 5.34. The van der Waals surface area contributed by atoms with Crippen LogP contribution in [0.2, 0.25) is 0 Å². The van der Waals surface area contributed by atoms with Gasteiger partial charge in [-0.05, 0) is 41.7 Å². The first-order valence-electron chi connectivity index (χ1n) is 10.7. The van der Waals surface area contributed by atoms with Crippen molar-refractivity contribution in [1.82, 2.24) is 4.57 Å². The lowest BCUT2D eigenvalue weighted by Gasteiger charge is -2.09. The first kappa shape index (κ1) is 23.2. The summed E-state index contributed by atoms with van der Waals surface area (Å²) in [4.78, 5) is 23.8. The summed E-state index contributed by atoms with van der Waals surface area (Å²) in [5.74, 6) is -0.526. The van der Waals surface area contributed by atoms with E-state index >= 15 is 0 Å². The van der Waals surface area contributed by atoms with Gasteiger partial charge in [-0.2, -0.15) is 0 Å². The highest BCUT2D eigenvalue weighted by atomic mass is 16.5. The van der Waals surface area contributed by atoms with E-state index in [0.29, 0.717) is 23.7 Å². The molecule has 0 spiro atoms. The van der Waals surface area contributed by atoms with E-state index in [0.717, 1.165) is 11.1 Å². The minimum absolute atomic E-state index is 0.0126. The predicted octanol–water partition coefficient (Wildman–Crippen LogP) is 5.55. The van der Waals surface area contributed by atoms with Crippen LogP contribution in [0.3, 0.4) is 0 Å². The van der Waals surface area contributed by atoms with Crippen molar-refractivity contribution in [2.24, 2.45) is 0 Å². The molecule has 0 saturated carbocycles. The van der Waals surface area contributed by atoms with Crippen LogP contribution in [-0.2, 0) is 22.7 Å². The van der Waals surface area contributed by atoms with E-state index in [9.17, 15) is 9.59 Å². The van der Waals surface area contributed by atoms with Crippen molar-refractivity contribution in [1.29, 1.82) is 0 Å². The van der Waals surface area contributed by atoms with Gasteiger partial charge in [0.15, 0.2) is 6.10 Å². The van der Waals surface area contributed by atoms with Gasteiger partial charge >= 0.3 is 5.97 Å². The molecular formula is C27H29NO4. The fourth-order valence-corrected chi connectivity index (χ4v) is 3.27. The fourth-order valence-electron chi connectivity index (χ4n) is 3.27. The Morgan fingerprint density at radius 2 is 1.69 bits per heavy atom. The molecule has 5 nitrogen and oxygen atoms in total. The summed E-state index contributed by atoms with van der Waals surface area (Å²) in [6.45, 7) is 6.62. The molecule has 0 aliphatic rings. The number of rotatable bonds is 10. The van der Waals surface area contributed by atoms with Crippen LogP contribution in [0.5, 0.6) is 0 Å². The van der Waals surface area contributed by atoms with E-state index in [1.807, 2.05) is 83.6 Å². The van der Waals surface area contributed by atoms with Crippen LogP contribution >= 0.6 is 0 Å². The molecule has 1 N–H and O–H groups in total. The third-order valence-electron chi connectivity index (χ3n) is 5.34. The number of carbonyl (C=O) groups is 2. The van der Waals surface area contributed by atoms with Gasteiger partial charge in [-0.25, -0.2) is 4.79 Å². The predicted molar refractivity (Wildman–Crippen MR) is 126 cm³/mol. The van der Waals surface area contributed by atoms with Gasteiger partial charge in [0.25, 0.3) is 0 Å². The summed E-state index contributed by atoms with van der Waals surface area (Å²) in [6.07, 6.45) is 5.08. The van der Waals surface area contributed by atoms with Crippen LogP contribution < -0.4 is 0 Å². The topological polar surface area (TPSA) is 68.5 Å². The van der Waals surface area contributed by atoms with Crippen molar-refractivity contribution >= 4 is 17.8 Å². The molecule has 0 radical (unpaired) electrons. The second-order valence-corrected chi connectivity index (χ2v) is 8.09. The van der Waals surface area contributed by atoms with Gasteiger partial charge in [0.05, 0.1) is 12.3 Å². The van der Waals surface area contributed by atoms with Crippen molar-refractivity contribution in [3.05, 3.63) is 101 Å². The molecule has 3 aromatic rings. The van der Waals surface area contributed by atoms with Crippen LogP contribution in [0.25, 0.3) is 6.08 Å². The molecule has 32 heavy (non-hydrogen) atoms. The largest absolute Gasteiger partial charge is 0.479 e. The zero-order valence-electron chi connectivity index (χ0n) is 18.7. The number of allylic oxidation sites excluding steroid dienone is 1. The molecule has 1 heterocycles. The number of ether oxygens (including phenoxy) is 1. The fraction of sp³-hybridized carbons (Fsp3) is 0.259. The molecule has 0 fully saturated rings. The maximum absolute atomic E-state index is 12.9. The number of ketones is 1. The van der Waals surface area contributed by atoms with Gasteiger partial charge in [-0.15, -0.1) is 0 Å². The number of hydrogen-bond donors (Lipinski definition) is 1. The molecular weight excluding hydrogens is 402 g/mol. The number of carbonyl (C=O) groups excluding carboxylic acids is 1. The lowest BCUT2D eigenvalue weighted by Crippen LogP contribution is -2.19. The Kier molecular flexibility index (Phi) is 7.79. The van der Waals surface area contributed by atoms with Crippen molar-refractivity contribution in [2.75, 3.05) is 0 Å². The maximum Gasteiger partial charge on any atom is 0.332 e. The Balaban J connectivity index is 1.60. The van der Waals surface area contributed by atoms with Crippen LogP contribution in [-0.4, -0.2) is 27.5 Å². The second-order valence-electron chi connectivity index (χ2n) is 8.09. The number of carboxylic acid groups (broad SMARTS) is 1. The van der Waals surface area contributed by atoms with Crippen molar-refractivity contribution in [3.63, 3.8) is 0 Å². The number of benzene rings is 2. The first-order valence-corrected chi connectivity index (χ1v) is 10.7. The van der Waals surface area contributed by atoms with Crippen LogP contribution in [0, 0.1) is 0 Å². The van der Waals surface area contributed by atoms with Crippen LogP contribution in [0.1, 0.15) is 59.4 Å². The van der Waals surface area contributed by atoms with Gasteiger partial charge in [0, 0.05) is 18.3 Å². The van der Waals surface area contributed by atoms with Crippen LogP contribution in [0.4, 0.5) is 0 Å². The van der Waals surface area contributed by atoms with E-state index in [4.69, 9.17) is 9.84 Å². The molecule has 166 valence electrons. The molecule has 3 rings (SSSR count). The standard InChI is InChI=1S/C27H29NO4/c1-19(2)23-12-14-24(15-13-23)26(29)25-7-5-17-28(25)16-4-6-21-8-10-22(11-9-21)18-32-20(3)27(30)31/h4-15,17,19-20H,16,18H2,1-3H3,(H,30,31)/t20-/m1/s1. The minimum atomic E-state index is -0.972. The summed E-state index contributed by atoms with van der Waals surface area (Å²) < 4.78 is 7.23. The molecule has 2 aromatic carbocycles. The van der Waals surface area contributed by atoms with E-state index in [-0.39, 0.29) is 12.4 Å². The summed E-state index contributed by atoms with van der Waals surface area (Å²) in [6, 6.07) is 19.3. The van der Waals surface area contributed by atoms with E-state index < -0.39 is 12.1 Å². The van der Waals surface area contributed by atoms with E-state index in [1.54, 1.807) is 0 Å². The number of aliphatic carboxylic acids is 1. The Bertz CT molecular complexity index is 1080. The average Bonchev–Trinajstić information content (AvgIpc) is 3.26. The Labute approximate surface area is 189 Å². The number of carboxylic acids is 1. The monoisotopic (exact) mass is 431 g/mol. The molecule has 0 unspecified atom stereocenters. The molecule has 1 aromatic heterocycles. The lowest BCUT2D eigenvalue weighted by molar-refractivity contribution is -0.149. The molecule has 1 atom stereocenters. The Hall–Kier alpha value is -3.44. The zero-order chi connectivity index (χ0) is 23.1. The van der Waals surface area contributed by atoms with Gasteiger partial charge < -0.3 is 14.4 Å². The van der Waals surface area contributed by atoms with E-state index in [2.05, 4.69) is 13.8 Å². The second kappa shape index (κ2) is 10.7. The van der Waals surface area contributed by atoms with Crippen molar-refractivity contribution < 1.29 is 19.4 Å². The van der Waals surface area contributed by atoms with Gasteiger partial charge in [-0.3, -0.25) is 4.79 Å². The summed E-state index contributed by atoms with van der Waals surface area (Å²) in [5, 5.41) is 8.87. The zero-order valence-corrected chi connectivity index (χ0v) is 18.7. The number of nitrogens with zero attached hydrogens (tertiary/aromatic N) is 1. The number of aromatic nitrogens is 1. The maximum atomic E-state index is 12.9. The molecule has 0 bridgehead atoms. The summed E-state index contributed by atoms with van der Waals surface area (Å²) in [5.41, 5.74) is 4.50. The molecule has 0 amide bonds. The highest BCUT2D eigenvalue weighted by Gasteiger charge is 2.13. The third kappa shape index (κ3) is 6.05.